The number of benzene rings is 1. The molecule has 0 saturated heterocycles. The largest absolute Gasteiger partial charge is 0.463 e. The Balaban J connectivity index is 1.91. The van der Waals surface area contributed by atoms with Gasteiger partial charge in [0.05, 0.1) is 6.61 Å². The van der Waals surface area contributed by atoms with Crippen LogP contribution in [0.1, 0.15) is 68.7 Å². The van der Waals surface area contributed by atoms with E-state index in [1.165, 1.54) is 48.9 Å². The number of hydrogen-bond acceptors (Lipinski definition) is 2. The van der Waals surface area contributed by atoms with E-state index < -0.39 is 0 Å². The molecule has 0 amide bonds. The van der Waals surface area contributed by atoms with Crippen LogP contribution in [0.3, 0.4) is 0 Å². The lowest BCUT2D eigenvalue weighted by atomic mass is 9.98. The molecule has 3 heteroatoms. The fourth-order valence-electron chi connectivity index (χ4n) is 3.82. The molecular formula is C24H31NO2. The summed E-state index contributed by atoms with van der Waals surface area (Å²) in [5.41, 5.74) is 4.96. The molecule has 1 aliphatic rings. The molecule has 0 N–H and O–H groups in total. The molecule has 0 saturated carbocycles. The van der Waals surface area contributed by atoms with Gasteiger partial charge < -0.3 is 9.30 Å². The topological polar surface area (TPSA) is 31.2 Å². The number of hydrogen-bond donors (Lipinski definition) is 0. The Morgan fingerprint density at radius 1 is 1.04 bits per heavy atom. The molecule has 0 spiro atoms. The molecule has 3 nitrogen and oxygen atoms in total. The molecular weight excluding hydrogens is 334 g/mol. The zero-order valence-corrected chi connectivity index (χ0v) is 16.5. The molecule has 0 aliphatic heterocycles. The summed E-state index contributed by atoms with van der Waals surface area (Å²) in [6.07, 6.45) is 13.5. The smallest absolute Gasteiger partial charge is 0.331 e. The highest BCUT2D eigenvalue weighted by atomic mass is 16.5. The summed E-state index contributed by atoms with van der Waals surface area (Å²) < 4.78 is 7.53. The average molecular weight is 366 g/mol. The first-order valence-corrected chi connectivity index (χ1v) is 10.4. The Labute approximate surface area is 163 Å². The van der Waals surface area contributed by atoms with E-state index in [-0.39, 0.29) is 5.97 Å². The second-order valence-electron chi connectivity index (χ2n) is 7.38. The van der Waals surface area contributed by atoms with Gasteiger partial charge in [0, 0.05) is 24.5 Å². The Hall–Kier alpha value is -2.29. The van der Waals surface area contributed by atoms with Crippen LogP contribution in [-0.2, 0) is 22.5 Å². The van der Waals surface area contributed by atoms with Crippen LogP contribution >= 0.6 is 0 Å². The Morgan fingerprint density at radius 2 is 1.74 bits per heavy atom. The summed E-state index contributed by atoms with van der Waals surface area (Å²) in [6, 6.07) is 12.9. The lowest BCUT2D eigenvalue weighted by Gasteiger charge is -2.09. The molecule has 1 aromatic carbocycles. The highest BCUT2D eigenvalue weighted by molar-refractivity contribution is 5.91. The van der Waals surface area contributed by atoms with Gasteiger partial charge in [0.25, 0.3) is 0 Å². The van der Waals surface area contributed by atoms with Crippen molar-refractivity contribution in [3.63, 3.8) is 0 Å². The van der Waals surface area contributed by atoms with Crippen molar-refractivity contribution >= 4 is 11.5 Å². The maximum Gasteiger partial charge on any atom is 0.331 e. The summed E-state index contributed by atoms with van der Waals surface area (Å²) in [4.78, 5) is 12.1. The first kappa shape index (κ1) is 19.5. The van der Waals surface area contributed by atoms with Gasteiger partial charge in [-0.1, -0.05) is 56.0 Å². The summed E-state index contributed by atoms with van der Waals surface area (Å²) in [5, 5.41) is 0. The van der Waals surface area contributed by atoms with Gasteiger partial charge in [0.1, 0.15) is 0 Å². The van der Waals surface area contributed by atoms with Crippen molar-refractivity contribution in [2.24, 2.45) is 0 Å². The van der Waals surface area contributed by atoms with Crippen molar-refractivity contribution in [1.29, 1.82) is 0 Å². The van der Waals surface area contributed by atoms with Gasteiger partial charge in [-0.2, -0.15) is 0 Å². The van der Waals surface area contributed by atoms with Crippen LogP contribution in [0.4, 0.5) is 0 Å². The standard InChI is InChI=1S/C24H31NO2/c1-2-27-24(26)17-21-14-10-5-3-4-6-11-15-23-16-22(21)19-25(23)18-20-12-8-7-9-13-20/h7-9,12-13,16-17,19H,2-6,10-11,14-15,18H2,1H3/b21-17-. The number of ether oxygens (including phenoxy) is 1. The van der Waals surface area contributed by atoms with Gasteiger partial charge in [0.2, 0.25) is 0 Å². The number of fused-ring (bicyclic) bond motifs is 2. The minimum Gasteiger partial charge on any atom is -0.463 e. The number of esters is 1. The van der Waals surface area contributed by atoms with E-state index in [0.29, 0.717) is 6.61 Å². The maximum absolute atomic E-state index is 12.1. The van der Waals surface area contributed by atoms with Gasteiger partial charge in [0.15, 0.2) is 0 Å². The molecule has 3 rings (SSSR count). The number of aromatic nitrogens is 1. The lowest BCUT2D eigenvalue weighted by Crippen LogP contribution is -2.03. The van der Waals surface area contributed by atoms with Gasteiger partial charge in [-0.15, -0.1) is 0 Å². The number of allylic oxidation sites excluding steroid dienone is 1. The molecule has 0 atom stereocenters. The zero-order valence-electron chi connectivity index (χ0n) is 16.5. The van der Waals surface area contributed by atoms with Crippen molar-refractivity contribution in [3.05, 3.63) is 65.5 Å². The van der Waals surface area contributed by atoms with Gasteiger partial charge in [-0.3, -0.25) is 0 Å². The van der Waals surface area contributed by atoms with Crippen LogP contribution in [0.5, 0.6) is 0 Å². The number of carbonyl (C=O) groups is 1. The quantitative estimate of drug-likeness (QED) is 0.509. The molecule has 0 unspecified atom stereocenters. The van der Waals surface area contributed by atoms with E-state index in [4.69, 9.17) is 4.74 Å². The Morgan fingerprint density at radius 3 is 2.48 bits per heavy atom. The van der Waals surface area contributed by atoms with E-state index in [1.807, 2.05) is 6.92 Å². The minimum absolute atomic E-state index is 0.225. The van der Waals surface area contributed by atoms with Gasteiger partial charge >= 0.3 is 5.97 Å². The van der Waals surface area contributed by atoms with Crippen LogP contribution < -0.4 is 0 Å². The Bertz CT molecular complexity index is 758. The van der Waals surface area contributed by atoms with E-state index in [9.17, 15) is 4.79 Å². The SMILES string of the molecule is CCOC(=O)/C=C1/CCCCCCCCc2cc1cn2Cc1ccccc1. The van der Waals surface area contributed by atoms with E-state index >= 15 is 0 Å². The number of rotatable bonds is 4. The third-order valence-electron chi connectivity index (χ3n) is 5.26. The first-order chi connectivity index (χ1) is 13.3. The molecule has 0 radical (unpaired) electrons. The fraction of sp³-hybridized carbons (Fsp3) is 0.458. The predicted molar refractivity (Wildman–Crippen MR) is 111 cm³/mol. The van der Waals surface area contributed by atoms with Gasteiger partial charge in [-0.25, -0.2) is 4.79 Å². The second kappa shape index (κ2) is 10.1. The molecule has 144 valence electrons. The molecule has 27 heavy (non-hydrogen) atoms. The van der Waals surface area contributed by atoms with E-state index in [0.717, 1.165) is 31.4 Å². The lowest BCUT2D eigenvalue weighted by molar-refractivity contribution is -0.137. The van der Waals surface area contributed by atoms with Crippen molar-refractivity contribution < 1.29 is 9.53 Å². The highest BCUT2D eigenvalue weighted by Crippen LogP contribution is 2.27. The van der Waals surface area contributed by atoms with Crippen LogP contribution in [0.2, 0.25) is 0 Å². The summed E-state index contributed by atoms with van der Waals surface area (Å²) in [6.45, 7) is 3.15. The third kappa shape index (κ3) is 5.85. The molecule has 1 heterocycles. The van der Waals surface area contributed by atoms with E-state index in [2.05, 4.69) is 47.2 Å². The zero-order chi connectivity index (χ0) is 18.9. The van der Waals surface area contributed by atoms with Gasteiger partial charge in [-0.05, 0) is 55.4 Å². The predicted octanol–water partition coefficient (Wildman–Crippen LogP) is 5.77. The van der Waals surface area contributed by atoms with Crippen LogP contribution in [0.15, 0.2) is 48.7 Å². The molecule has 2 bridgehead atoms. The van der Waals surface area contributed by atoms with E-state index in [1.54, 1.807) is 6.08 Å². The molecule has 1 aliphatic carbocycles. The van der Waals surface area contributed by atoms with Crippen molar-refractivity contribution in [1.82, 2.24) is 4.57 Å². The molecule has 1 aromatic heterocycles. The molecule has 2 aromatic rings. The first-order valence-electron chi connectivity index (χ1n) is 10.4. The Kier molecular flexibility index (Phi) is 7.32. The van der Waals surface area contributed by atoms with Crippen LogP contribution in [0.25, 0.3) is 5.57 Å². The maximum atomic E-state index is 12.1. The van der Waals surface area contributed by atoms with Crippen molar-refractivity contribution in [3.8, 4) is 0 Å². The third-order valence-corrected chi connectivity index (χ3v) is 5.26. The number of nitrogens with zero attached hydrogens (tertiary/aromatic N) is 1. The van der Waals surface area contributed by atoms with Crippen LogP contribution in [-0.4, -0.2) is 17.1 Å². The summed E-state index contributed by atoms with van der Waals surface area (Å²) >= 11 is 0. The van der Waals surface area contributed by atoms with Crippen LogP contribution in [0, 0.1) is 0 Å². The minimum atomic E-state index is -0.225. The highest BCUT2D eigenvalue weighted by Gasteiger charge is 2.13. The normalized spacial score (nSPS) is 17.1. The summed E-state index contributed by atoms with van der Waals surface area (Å²) in [5.74, 6) is -0.225. The second-order valence-corrected chi connectivity index (χ2v) is 7.38. The summed E-state index contributed by atoms with van der Waals surface area (Å²) in [7, 11) is 0. The van der Waals surface area contributed by atoms with Crippen molar-refractivity contribution in [2.45, 2.75) is 64.8 Å². The monoisotopic (exact) mass is 365 g/mol. The van der Waals surface area contributed by atoms with Crippen molar-refractivity contribution in [2.75, 3.05) is 6.61 Å². The molecule has 0 fully saturated rings. The average Bonchev–Trinajstić information content (AvgIpc) is 3.06. The fourth-order valence-corrected chi connectivity index (χ4v) is 3.82. The number of aryl methyl sites for hydroxylation is 1. The number of carbonyl (C=O) groups excluding carboxylic acids is 1.